The highest BCUT2D eigenvalue weighted by Crippen LogP contribution is 2.35. The van der Waals surface area contributed by atoms with Crippen LogP contribution in [0.4, 0.5) is 13.2 Å². The van der Waals surface area contributed by atoms with Gasteiger partial charge in [0.1, 0.15) is 6.04 Å². The molecule has 0 radical (unpaired) electrons. The van der Waals surface area contributed by atoms with E-state index in [2.05, 4.69) is 21.6 Å². The van der Waals surface area contributed by atoms with E-state index < -0.39 is 17.8 Å². The number of nitrogens with zero attached hydrogens (tertiary/aromatic N) is 3. The molecule has 212 valence electrons. The lowest BCUT2D eigenvalue weighted by Crippen LogP contribution is -2.35. The lowest BCUT2D eigenvalue weighted by atomic mass is 9.94. The minimum Gasteiger partial charge on any atom is -0.419 e. The van der Waals surface area contributed by atoms with E-state index in [1.165, 1.54) is 12.1 Å². The summed E-state index contributed by atoms with van der Waals surface area (Å²) in [6.07, 6.45) is -4.06. The molecule has 0 saturated carbocycles. The monoisotopic (exact) mass is 567 g/mol. The van der Waals surface area contributed by atoms with Gasteiger partial charge < -0.3 is 10.2 Å². The fourth-order valence-corrected chi connectivity index (χ4v) is 4.86. The standard InChI is InChI=1S/C33H28F3N5O/c1-32(38,19-22-10-4-2-5-11-22)31-41-40-30(42-31)27-17-23(16-26(18-27)28-15-9-8-14-25(28)20-37)21-39-29(33(34,35)36)24-12-6-3-7-13-24/h2-18,29,39H,19,21,38H2,1H3/t29?,32-/m0/s1. The van der Waals surface area contributed by atoms with Crippen molar-refractivity contribution < 1.29 is 17.6 Å². The zero-order valence-electron chi connectivity index (χ0n) is 22.8. The molecule has 4 aromatic carbocycles. The summed E-state index contributed by atoms with van der Waals surface area (Å²) in [5.74, 6) is 0.396. The topological polar surface area (TPSA) is 101 Å². The summed E-state index contributed by atoms with van der Waals surface area (Å²) in [6, 6.07) is 29.9. The van der Waals surface area contributed by atoms with E-state index in [1.54, 1.807) is 67.6 Å². The Kier molecular flexibility index (Phi) is 8.20. The van der Waals surface area contributed by atoms with Gasteiger partial charge in [0.25, 0.3) is 0 Å². The first-order chi connectivity index (χ1) is 20.1. The Bertz CT molecular complexity index is 1690. The summed E-state index contributed by atoms with van der Waals surface area (Å²) >= 11 is 0. The Labute approximate surface area is 241 Å². The van der Waals surface area contributed by atoms with Crippen LogP contribution in [-0.4, -0.2) is 16.4 Å². The third kappa shape index (κ3) is 6.57. The maximum atomic E-state index is 14.0. The van der Waals surface area contributed by atoms with Gasteiger partial charge in [-0.05, 0) is 65.4 Å². The highest BCUT2D eigenvalue weighted by molar-refractivity contribution is 5.75. The van der Waals surface area contributed by atoms with Crippen LogP contribution in [0, 0.1) is 11.3 Å². The van der Waals surface area contributed by atoms with Crippen LogP contribution >= 0.6 is 0 Å². The Morgan fingerprint density at radius 3 is 2.19 bits per heavy atom. The predicted octanol–water partition coefficient (Wildman–Crippen LogP) is 7.09. The third-order valence-electron chi connectivity index (χ3n) is 6.90. The number of alkyl halides is 3. The quantitative estimate of drug-likeness (QED) is 0.197. The molecule has 0 fully saturated rings. The number of halogens is 3. The van der Waals surface area contributed by atoms with Gasteiger partial charge in [-0.1, -0.05) is 78.9 Å². The Balaban J connectivity index is 1.51. The molecule has 1 unspecified atom stereocenters. The molecule has 3 N–H and O–H groups in total. The van der Waals surface area contributed by atoms with Gasteiger partial charge >= 0.3 is 6.18 Å². The van der Waals surface area contributed by atoms with Gasteiger partial charge in [-0.3, -0.25) is 5.32 Å². The van der Waals surface area contributed by atoms with E-state index in [-0.39, 0.29) is 23.9 Å². The zero-order valence-corrected chi connectivity index (χ0v) is 22.8. The maximum Gasteiger partial charge on any atom is 0.407 e. The summed E-state index contributed by atoms with van der Waals surface area (Å²) < 4.78 is 48.1. The smallest absolute Gasteiger partial charge is 0.407 e. The number of rotatable bonds is 9. The van der Waals surface area contributed by atoms with Crippen LogP contribution in [0.3, 0.4) is 0 Å². The van der Waals surface area contributed by atoms with Crippen molar-refractivity contribution in [3.8, 4) is 28.7 Å². The fourth-order valence-electron chi connectivity index (χ4n) is 4.86. The molecule has 1 heterocycles. The summed E-state index contributed by atoms with van der Waals surface area (Å²) in [6.45, 7) is 1.69. The average molecular weight is 568 g/mol. The number of hydrogen-bond donors (Lipinski definition) is 2. The van der Waals surface area contributed by atoms with E-state index in [0.717, 1.165) is 5.56 Å². The molecular weight excluding hydrogens is 539 g/mol. The highest BCUT2D eigenvalue weighted by Gasteiger charge is 2.40. The Hall–Kier alpha value is -4.78. The minimum absolute atomic E-state index is 0.110. The molecule has 1 aromatic heterocycles. The molecule has 0 amide bonds. The minimum atomic E-state index is -4.51. The van der Waals surface area contributed by atoms with Gasteiger partial charge in [-0.25, -0.2) is 0 Å². The lowest BCUT2D eigenvalue weighted by Gasteiger charge is -2.22. The van der Waals surface area contributed by atoms with Gasteiger partial charge in [0.05, 0.1) is 17.2 Å². The molecule has 0 bridgehead atoms. The molecule has 5 aromatic rings. The summed E-state index contributed by atoms with van der Waals surface area (Å²) in [5, 5.41) is 20.8. The predicted molar refractivity (Wildman–Crippen MR) is 154 cm³/mol. The van der Waals surface area contributed by atoms with Gasteiger partial charge in [0, 0.05) is 12.1 Å². The zero-order chi connectivity index (χ0) is 29.7. The number of nitrogens with one attached hydrogen (secondary N) is 1. The van der Waals surface area contributed by atoms with Crippen molar-refractivity contribution in [3.05, 3.63) is 131 Å². The second kappa shape index (κ2) is 12.0. The second-order valence-electron chi connectivity index (χ2n) is 10.3. The highest BCUT2D eigenvalue weighted by atomic mass is 19.4. The Morgan fingerprint density at radius 2 is 1.50 bits per heavy atom. The van der Waals surface area contributed by atoms with Crippen LogP contribution in [0.5, 0.6) is 0 Å². The van der Waals surface area contributed by atoms with Crippen LogP contribution in [-0.2, 0) is 18.5 Å². The summed E-state index contributed by atoms with van der Waals surface area (Å²) in [7, 11) is 0. The van der Waals surface area contributed by atoms with Crippen LogP contribution in [0.25, 0.3) is 22.6 Å². The van der Waals surface area contributed by atoms with Crippen LogP contribution in [0.15, 0.2) is 108 Å². The summed E-state index contributed by atoms with van der Waals surface area (Å²) in [5.41, 5.74) is 9.45. The number of nitriles is 1. The largest absolute Gasteiger partial charge is 0.419 e. The van der Waals surface area contributed by atoms with Crippen molar-refractivity contribution in [3.63, 3.8) is 0 Å². The first kappa shape index (κ1) is 28.7. The molecule has 0 aliphatic rings. The van der Waals surface area contributed by atoms with Crippen molar-refractivity contribution in [1.82, 2.24) is 15.5 Å². The molecule has 0 aliphatic heterocycles. The van der Waals surface area contributed by atoms with Gasteiger partial charge in [-0.15, -0.1) is 10.2 Å². The number of benzene rings is 4. The number of nitrogens with two attached hydrogens (primary N) is 1. The van der Waals surface area contributed by atoms with Gasteiger partial charge in [0.15, 0.2) is 0 Å². The van der Waals surface area contributed by atoms with Crippen molar-refractivity contribution in [2.75, 3.05) is 0 Å². The first-order valence-corrected chi connectivity index (χ1v) is 13.3. The van der Waals surface area contributed by atoms with Crippen molar-refractivity contribution in [1.29, 1.82) is 5.26 Å². The SMILES string of the molecule is C[C@](N)(Cc1ccccc1)c1nnc(-c2cc(CNC(c3ccccc3)C(F)(F)F)cc(-c3ccccc3C#N)c2)o1. The van der Waals surface area contributed by atoms with E-state index >= 15 is 0 Å². The maximum absolute atomic E-state index is 14.0. The lowest BCUT2D eigenvalue weighted by molar-refractivity contribution is -0.158. The number of hydrogen-bond acceptors (Lipinski definition) is 6. The molecule has 0 spiro atoms. The van der Waals surface area contributed by atoms with Gasteiger partial charge in [-0.2, -0.15) is 18.4 Å². The normalized spacial score (nSPS) is 13.7. The molecule has 42 heavy (non-hydrogen) atoms. The molecule has 9 heteroatoms. The average Bonchev–Trinajstić information content (AvgIpc) is 3.49. The van der Waals surface area contributed by atoms with E-state index in [1.807, 2.05) is 30.3 Å². The van der Waals surface area contributed by atoms with Crippen LogP contribution in [0.2, 0.25) is 0 Å². The van der Waals surface area contributed by atoms with Crippen molar-refractivity contribution >= 4 is 0 Å². The van der Waals surface area contributed by atoms with E-state index in [0.29, 0.717) is 34.2 Å². The molecule has 6 nitrogen and oxygen atoms in total. The first-order valence-electron chi connectivity index (χ1n) is 13.3. The third-order valence-corrected chi connectivity index (χ3v) is 6.90. The molecular formula is C33H28F3N5O. The Morgan fingerprint density at radius 1 is 0.857 bits per heavy atom. The van der Waals surface area contributed by atoms with Crippen molar-refractivity contribution in [2.45, 2.75) is 37.6 Å². The molecule has 0 saturated heterocycles. The molecule has 5 rings (SSSR count). The van der Waals surface area contributed by atoms with Crippen molar-refractivity contribution in [2.24, 2.45) is 5.73 Å². The van der Waals surface area contributed by atoms with E-state index in [9.17, 15) is 18.4 Å². The number of aromatic nitrogens is 2. The molecule has 0 aliphatic carbocycles. The summed E-state index contributed by atoms with van der Waals surface area (Å²) in [4.78, 5) is 0. The van der Waals surface area contributed by atoms with Crippen LogP contribution < -0.4 is 11.1 Å². The van der Waals surface area contributed by atoms with Gasteiger partial charge in [0.2, 0.25) is 11.8 Å². The van der Waals surface area contributed by atoms with E-state index in [4.69, 9.17) is 10.2 Å². The fraction of sp³-hybridized carbons (Fsp3) is 0.182. The van der Waals surface area contributed by atoms with Crippen LogP contribution in [0.1, 0.15) is 41.1 Å². The molecule has 2 atom stereocenters. The second-order valence-corrected chi connectivity index (χ2v) is 10.3.